The van der Waals surface area contributed by atoms with E-state index in [1.54, 1.807) is 6.07 Å². The van der Waals surface area contributed by atoms with Crippen LogP contribution in [0, 0.1) is 0 Å². The van der Waals surface area contributed by atoms with Gasteiger partial charge in [0, 0.05) is 30.5 Å². The summed E-state index contributed by atoms with van der Waals surface area (Å²) >= 11 is 0. The first-order chi connectivity index (χ1) is 14.3. The molecule has 148 valence electrons. The molecule has 2 aliphatic heterocycles. The maximum Gasteiger partial charge on any atom is 0.231 e. The zero-order chi connectivity index (χ0) is 19.6. The summed E-state index contributed by atoms with van der Waals surface area (Å²) in [4.78, 5) is 6.76. The number of hydrogen-bond acceptors (Lipinski definition) is 5. The highest BCUT2D eigenvalue weighted by Gasteiger charge is 2.25. The van der Waals surface area contributed by atoms with Gasteiger partial charge >= 0.3 is 0 Å². The van der Waals surface area contributed by atoms with Gasteiger partial charge in [-0.05, 0) is 66.4 Å². The van der Waals surface area contributed by atoms with Crippen molar-refractivity contribution >= 4 is 0 Å². The number of aromatic hydroxyl groups is 1. The summed E-state index contributed by atoms with van der Waals surface area (Å²) in [6.45, 7) is 2.00. The van der Waals surface area contributed by atoms with E-state index in [0.29, 0.717) is 18.3 Å². The number of benzene rings is 2. The zero-order valence-electron chi connectivity index (χ0n) is 16.3. The highest BCUT2D eigenvalue weighted by molar-refractivity contribution is 5.69. The Morgan fingerprint density at radius 1 is 1.00 bits per heavy atom. The van der Waals surface area contributed by atoms with Gasteiger partial charge in [-0.3, -0.25) is 9.88 Å². The maximum absolute atomic E-state index is 10.5. The number of phenolic OH excluding ortho intramolecular Hbond substituents is 1. The van der Waals surface area contributed by atoms with Crippen molar-refractivity contribution in [2.75, 3.05) is 13.3 Å². The normalized spacial score (nSPS) is 18.7. The van der Waals surface area contributed by atoms with E-state index in [4.69, 9.17) is 9.47 Å². The van der Waals surface area contributed by atoms with Gasteiger partial charge < -0.3 is 14.6 Å². The van der Waals surface area contributed by atoms with Crippen LogP contribution in [-0.2, 0) is 6.54 Å². The van der Waals surface area contributed by atoms with Crippen molar-refractivity contribution in [2.45, 2.75) is 31.8 Å². The molecule has 1 N–H and O–H groups in total. The van der Waals surface area contributed by atoms with Crippen LogP contribution in [0.5, 0.6) is 17.2 Å². The van der Waals surface area contributed by atoms with E-state index >= 15 is 0 Å². The number of pyridine rings is 1. The molecule has 1 fully saturated rings. The standard InChI is InChI=1S/C24H24N2O3/c27-22-8-6-17(18-7-9-23-24(13-18)29-16-28-23)12-20(22)15-26-11-2-1-5-21(26)19-4-3-10-25-14-19/h3-4,6-10,12-14,21,27H,1-2,5,11,15-16H2/t21-/m1/s1. The topological polar surface area (TPSA) is 54.8 Å². The van der Waals surface area contributed by atoms with Gasteiger partial charge in [-0.15, -0.1) is 0 Å². The first-order valence-electron chi connectivity index (χ1n) is 10.1. The van der Waals surface area contributed by atoms with E-state index in [9.17, 15) is 5.11 Å². The number of aromatic nitrogens is 1. The lowest BCUT2D eigenvalue weighted by Crippen LogP contribution is -2.33. The second-order valence-corrected chi connectivity index (χ2v) is 7.68. The monoisotopic (exact) mass is 388 g/mol. The van der Waals surface area contributed by atoms with E-state index in [-0.39, 0.29) is 6.79 Å². The molecule has 0 saturated carbocycles. The molecule has 1 aromatic heterocycles. The summed E-state index contributed by atoms with van der Waals surface area (Å²) in [5.41, 5.74) is 4.30. The Morgan fingerprint density at radius 3 is 2.76 bits per heavy atom. The van der Waals surface area contributed by atoms with E-state index < -0.39 is 0 Å². The number of phenols is 1. The van der Waals surface area contributed by atoms with Crippen LogP contribution in [0.1, 0.15) is 36.4 Å². The Labute approximate surface area is 170 Å². The van der Waals surface area contributed by atoms with E-state index in [2.05, 4.69) is 22.0 Å². The van der Waals surface area contributed by atoms with Gasteiger partial charge in [0.25, 0.3) is 0 Å². The second kappa shape index (κ2) is 7.76. The third-order valence-electron chi connectivity index (χ3n) is 5.84. The summed E-state index contributed by atoms with van der Waals surface area (Å²) < 4.78 is 10.9. The molecule has 0 unspecified atom stereocenters. The average molecular weight is 388 g/mol. The molecule has 0 spiro atoms. The zero-order valence-corrected chi connectivity index (χ0v) is 16.3. The molecule has 0 bridgehead atoms. The minimum Gasteiger partial charge on any atom is -0.508 e. The fourth-order valence-corrected chi connectivity index (χ4v) is 4.32. The molecule has 1 saturated heterocycles. The molecule has 0 amide bonds. The molecule has 0 aliphatic carbocycles. The van der Waals surface area contributed by atoms with Crippen LogP contribution in [0.4, 0.5) is 0 Å². The highest BCUT2D eigenvalue weighted by Crippen LogP contribution is 2.38. The molecular formula is C24H24N2O3. The van der Waals surface area contributed by atoms with Crippen LogP contribution in [0.3, 0.4) is 0 Å². The van der Waals surface area contributed by atoms with E-state index in [1.807, 2.05) is 42.7 Å². The Bertz CT molecular complexity index is 1010. The van der Waals surface area contributed by atoms with E-state index in [0.717, 1.165) is 41.2 Å². The summed E-state index contributed by atoms with van der Waals surface area (Å²) in [6.07, 6.45) is 7.30. The molecule has 5 heteroatoms. The van der Waals surface area contributed by atoms with Gasteiger partial charge in [0.2, 0.25) is 6.79 Å². The van der Waals surface area contributed by atoms with Crippen LogP contribution in [0.2, 0.25) is 0 Å². The molecule has 2 aliphatic rings. The lowest BCUT2D eigenvalue weighted by molar-refractivity contribution is 0.139. The van der Waals surface area contributed by atoms with Gasteiger partial charge in [0.05, 0.1) is 0 Å². The maximum atomic E-state index is 10.5. The van der Waals surface area contributed by atoms with Crippen molar-refractivity contribution in [1.29, 1.82) is 0 Å². The summed E-state index contributed by atoms with van der Waals surface area (Å²) in [5, 5.41) is 10.5. The van der Waals surface area contributed by atoms with Crippen molar-refractivity contribution in [3.63, 3.8) is 0 Å². The fourth-order valence-electron chi connectivity index (χ4n) is 4.32. The molecule has 1 atom stereocenters. The molecular weight excluding hydrogens is 364 g/mol. The third kappa shape index (κ3) is 3.66. The molecule has 29 heavy (non-hydrogen) atoms. The third-order valence-corrected chi connectivity index (χ3v) is 5.84. The minimum absolute atomic E-state index is 0.268. The Hall–Kier alpha value is -3.05. The van der Waals surface area contributed by atoms with Crippen LogP contribution >= 0.6 is 0 Å². The number of piperidine rings is 1. The number of rotatable bonds is 4. The lowest BCUT2D eigenvalue weighted by Gasteiger charge is -2.36. The second-order valence-electron chi connectivity index (χ2n) is 7.68. The first-order valence-corrected chi connectivity index (χ1v) is 10.1. The Morgan fingerprint density at radius 2 is 1.86 bits per heavy atom. The first kappa shape index (κ1) is 18.0. The average Bonchev–Trinajstić information content (AvgIpc) is 3.24. The number of ether oxygens (including phenoxy) is 2. The van der Waals surface area contributed by atoms with Crippen LogP contribution < -0.4 is 9.47 Å². The largest absolute Gasteiger partial charge is 0.508 e. The summed E-state index contributed by atoms with van der Waals surface area (Å²) in [6, 6.07) is 16.3. The van der Waals surface area contributed by atoms with Gasteiger partial charge in [-0.25, -0.2) is 0 Å². The van der Waals surface area contributed by atoms with Gasteiger partial charge in [-0.1, -0.05) is 24.6 Å². The van der Waals surface area contributed by atoms with Crippen molar-refractivity contribution in [2.24, 2.45) is 0 Å². The van der Waals surface area contributed by atoms with Gasteiger partial charge in [-0.2, -0.15) is 0 Å². The SMILES string of the molecule is Oc1ccc(-c2ccc3c(c2)OCO3)cc1CN1CCCC[C@@H]1c1cccnc1. The van der Waals surface area contributed by atoms with Crippen molar-refractivity contribution in [3.8, 4) is 28.4 Å². The van der Waals surface area contributed by atoms with Crippen LogP contribution in [0.15, 0.2) is 60.9 Å². The minimum atomic E-state index is 0.268. The molecule has 3 heterocycles. The number of hydrogen-bond donors (Lipinski definition) is 1. The molecule has 0 radical (unpaired) electrons. The van der Waals surface area contributed by atoms with Crippen molar-refractivity contribution in [3.05, 3.63) is 72.1 Å². The number of nitrogens with zero attached hydrogens (tertiary/aromatic N) is 2. The lowest BCUT2D eigenvalue weighted by atomic mass is 9.95. The molecule has 5 nitrogen and oxygen atoms in total. The summed E-state index contributed by atoms with van der Waals surface area (Å²) in [5.74, 6) is 1.88. The fraction of sp³-hybridized carbons (Fsp3) is 0.292. The van der Waals surface area contributed by atoms with E-state index in [1.165, 1.54) is 18.4 Å². The van der Waals surface area contributed by atoms with Crippen LogP contribution in [-0.4, -0.2) is 28.3 Å². The van der Waals surface area contributed by atoms with Gasteiger partial charge in [0.1, 0.15) is 5.75 Å². The summed E-state index contributed by atoms with van der Waals surface area (Å²) in [7, 11) is 0. The number of likely N-dealkylation sites (tertiary alicyclic amines) is 1. The number of fused-ring (bicyclic) bond motifs is 1. The van der Waals surface area contributed by atoms with Crippen LogP contribution in [0.25, 0.3) is 11.1 Å². The Kier molecular flexibility index (Phi) is 4.82. The van der Waals surface area contributed by atoms with Crippen molar-refractivity contribution < 1.29 is 14.6 Å². The highest BCUT2D eigenvalue weighted by atomic mass is 16.7. The molecule has 2 aromatic carbocycles. The smallest absolute Gasteiger partial charge is 0.231 e. The predicted molar refractivity (Wildman–Crippen MR) is 111 cm³/mol. The molecule has 5 rings (SSSR count). The van der Waals surface area contributed by atoms with Gasteiger partial charge in [0.15, 0.2) is 11.5 Å². The van der Waals surface area contributed by atoms with Crippen molar-refractivity contribution in [1.82, 2.24) is 9.88 Å². The predicted octanol–water partition coefficient (Wildman–Crippen LogP) is 4.91. The molecule has 3 aromatic rings. The Balaban J connectivity index is 1.43. The quantitative estimate of drug-likeness (QED) is 0.688.